The highest BCUT2D eigenvalue weighted by Crippen LogP contribution is 2.30. The Bertz CT molecular complexity index is 270. The minimum absolute atomic E-state index is 0.184. The Morgan fingerprint density at radius 1 is 1.18 bits per heavy atom. The third-order valence-electron chi connectivity index (χ3n) is 3.94. The van der Waals surface area contributed by atoms with Gasteiger partial charge in [0.1, 0.15) is 0 Å². The fourth-order valence-corrected chi connectivity index (χ4v) is 1.27. The van der Waals surface area contributed by atoms with Crippen molar-refractivity contribution < 1.29 is 14.6 Å². The van der Waals surface area contributed by atoms with Gasteiger partial charge in [0.15, 0.2) is 0 Å². The zero-order chi connectivity index (χ0) is 13.9. The molecule has 0 spiro atoms. The maximum Gasteiger partial charge on any atom is 0.310 e. The minimum atomic E-state index is -0.815. The molecule has 0 atom stereocenters. The third kappa shape index (κ3) is 4.28. The number of methoxy groups -OCH3 is 1. The molecule has 0 aromatic carbocycles. The molecule has 0 radical (unpaired) electrons. The van der Waals surface area contributed by atoms with E-state index in [4.69, 9.17) is 4.74 Å². The summed E-state index contributed by atoms with van der Waals surface area (Å²) in [4.78, 5) is 11.2. The van der Waals surface area contributed by atoms with Gasteiger partial charge in [-0.1, -0.05) is 0 Å². The second-order valence-corrected chi connectivity index (χ2v) is 6.20. The van der Waals surface area contributed by atoms with Crippen LogP contribution < -0.4 is 5.32 Å². The van der Waals surface area contributed by atoms with Crippen LogP contribution in [0.2, 0.25) is 0 Å². The topological polar surface area (TPSA) is 58.6 Å². The zero-order valence-electron chi connectivity index (χ0n) is 12.2. The van der Waals surface area contributed by atoms with Crippen LogP contribution in [0.3, 0.4) is 0 Å². The Morgan fingerprint density at radius 2 is 1.65 bits per heavy atom. The van der Waals surface area contributed by atoms with Crippen molar-refractivity contribution in [3.8, 4) is 0 Å². The Hall–Kier alpha value is -0.610. The Morgan fingerprint density at radius 3 is 2.00 bits per heavy atom. The highest BCUT2D eigenvalue weighted by Gasteiger charge is 2.43. The van der Waals surface area contributed by atoms with Crippen molar-refractivity contribution in [2.24, 2.45) is 5.41 Å². The van der Waals surface area contributed by atoms with E-state index in [-0.39, 0.29) is 5.60 Å². The number of hydrogen-bond donors (Lipinski definition) is 2. The minimum Gasteiger partial charge on any atom is -0.481 e. The molecule has 0 unspecified atom stereocenters. The molecule has 0 rings (SSSR count). The average Bonchev–Trinajstić information content (AvgIpc) is 2.16. The summed E-state index contributed by atoms with van der Waals surface area (Å²) >= 11 is 0. The van der Waals surface area contributed by atoms with Crippen LogP contribution in [0.15, 0.2) is 0 Å². The van der Waals surface area contributed by atoms with Crippen molar-refractivity contribution in [2.75, 3.05) is 13.7 Å². The Balaban J connectivity index is 4.43. The normalized spacial score (nSPS) is 13.8. The molecular weight excluding hydrogens is 218 g/mol. The number of aliphatic carboxylic acids is 1. The summed E-state index contributed by atoms with van der Waals surface area (Å²) in [5, 5.41) is 12.5. The van der Waals surface area contributed by atoms with Crippen LogP contribution in [0.5, 0.6) is 0 Å². The summed E-state index contributed by atoms with van der Waals surface area (Å²) in [6, 6.07) is 0. The second kappa shape index (κ2) is 5.36. The van der Waals surface area contributed by atoms with E-state index in [1.165, 1.54) is 0 Å². The maximum atomic E-state index is 11.2. The van der Waals surface area contributed by atoms with Crippen molar-refractivity contribution in [2.45, 2.75) is 59.1 Å². The molecule has 0 aromatic heterocycles. The highest BCUT2D eigenvalue weighted by molar-refractivity contribution is 5.75. The van der Waals surface area contributed by atoms with Gasteiger partial charge >= 0.3 is 5.97 Å². The van der Waals surface area contributed by atoms with E-state index >= 15 is 0 Å². The summed E-state index contributed by atoms with van der Waals surface area (Å²) < 4.78 is 5.33. The predicted octanol–water partition coefficient (Wildman–Crippen LogP) is 2.28. The number of carboxylic acids is 1. The zero-order valence-corrected chi connectivity index (χ0v) is 12.2. The fraction of sp³-hybridized carbons (Fsp3) is 0.923. The van der Waals surface area contributed by atoms with E-state index < -0.39 is 16.9 Å². The van der Waals surface area contributed by atoms with Gasteiger partial charge in [0.25, 0.3) is 0 Å². The Kier molecular flexibility index (Phi) is 5.16. The lowest BCUT2D eigenvalue weighted by Gasteiger charge is -2.39. The van der Waals surface area contributed by atoms with Crippen molar-refractivity contribution in [3.63, 3.8) is 0 Å². The lowest BCUT2D eigenvalue weighted by atomic mass is 9.74. The van der Waals surface area contributed by atoms with Gasteiger partial charge in [-0.15, -0.1) is 0 Å². The first-order valence-electron chi connectivity index (χ1n) is 6.00. The van der Waals surface area contributed by atoms with Gasteiger partial charge in [0.05, 0.1) is 11.0 Å². The summed E-state index contributed by atoms with van der Waals surface area (Å²) in [5.74, 6) is -0.791. The lowest BCUT2D eigenvalue weighted by molar-refractivity contribution is -0.151. The molecule has 2 N–H and O–H groups in total. The van der Waals surface area contributed by atoms with Crippen LogP contribution in [0, 0.1) is 5.41 Å². The van der Waals surface area contributed by atoms with E-state index in [1.54, 1.807) is 21.0 Å². The van der Waals surface area contributed by atoms with E-state index in [0.29, 0.717) is 0 Å². The van der Waals surface area contributed by atoms with Crippen LogP contribution in [0.1, 0.15) is 48.0 Å². The number of carbonyl (C=O) groups is 1. The van der Waals surface area contributed by atoms with Crippen LogP contribution in [0.25, 0.3) is 0 Å². The predicted molar refractivity (Wildman–Crippen MR) is 69.2 cm³/mol. The molecule has 0 aromatic rings. The lowest BCUT2D eigenvalue weighted by Crippen LogP contribution is -2.55. The summed E-state index contributed by atoms with van der Waals surface area (Å²) in [6.45, 7) is 12.1. The largest absolute Gasteiger partial charge is 0.481 e. The second-order valence-electron chi connectivity index (χ2n) is 6.20. The van der Waals surface area contributed by atoms with Gasteiger partial charge in [0, 0.05) is 12.6 Å². The molecule has 0 fully saturated rings. The molecule has 0 saturated heterocycles. The number of carboxylic acid groups (broad SMARTS) is 1. The molecular formula is C13H27NO3. The molecule has 102 valence electrons. The number of rotatable bonds is 7. The van der Waals surface area contributed by atoms with Gasteiger partial charge in [-0.3, -0.25) is 4.79 Å². The van der Waals surface area contributed by atoms with Crippen LogP contribution in [-0.4, -0.2) is 35.9 Å². The van der Waals surface area contributed by atoms with Gasteiger partial charge in [-0.2, -0.15) is 0 Å². The summed E-state index contributed by atoms with van der Waals surface area (Å²) in [5.41, 5.74) is -1.47. The van der Waals surface area contributed by atoms with E-state index in [9.17, 15) is 9.90 Å². The smallest absolute Gasteiger partial charge is 0.310 e. The summed E-state index contributed by atoms with van der Waals surface area (Å²) in [7, 11) is 1.69. The molecule has 0 aliphatic rings. The molecule has 0 aliphatic carbocycles. The van der Waals surface area contributed by atoms with Gasteiger partial charge in [-0.25, -0.2) is 0 Å². The molecule has 4 heteroatoms. The van der Waals surface area contributed by atoms with Gasteiger partial charge < -0.3 is 15.2 Å². The molecule has 4 nitrogen and oxygen atoms in total. The standard InChI is InChI=1S/C13H27NO3/c1-11(2,17-7)8-9-14-13(5,6)12(3,4)10(15)16/h14H,8-9H2,1-7H3,(H,15,16). The molecule has 0 bridgehead atoms. The van der Waals surface area contributed by atoms with Gasteiger partial charge in [-0.05, 0) is 54.5 Å². The van der Waals surface area contributed by atoms with Crippen molar-refractivity contribution in [1.29, 1.82) is 0 Å². The first-order valence-corrected chi connectivity index (χ1v) is 6.00. The Labute approximate surface area is 105 Å². The number of nitrogens with one attached hydrogen (secondary N) is 1. The van der Waals surface area contributed by atoms with Crippen LogP contribution >= 0.6 is 0 Å². The average molecular weight is 245 g/mol. The van der Waals surface area contributed by atoms with Gasteiger partial charge in [0.2, 0.25) is 0 Å². The van der Waals surface area contributed by atoms with Crippen molar-refractivity contribution in [1.82, 2.24) is 5.32 Å². The molecule has 0 saturated carbocycles. The van der Waals surface area contributed by atoms with Crippen LogP contribution in [-0.2, 0) is 9.53 Å². The van der Waals surface area contributed by atoms with Crippen molar-refractivity contribution >= 4 is 5.97 Å². The first kappa shape index (κ1) is 16.4. The van der Waals surface area contributed by atoms with Crippen molar-refractivity contribution in [3.05, 3.63) is 0 Å². The third-order valence-corrected chi connectivity index (χ3v) is 3.94. The van der Waals surface area contributed by atoms with Crippen LogP contribution in [0.4, 0.5) is 0 Å². The SMILES string of the molecule is COC(C)(C)CCNC(C)(C)C(C)(C)C(=O)O. The van der Waals surface area contributed by atoms with E-state index in [0.717, 1.165) is 13.0 Å². The highest BCUT2D eigenvalue weighted by atomic mass is 16.5. The number of hydrogen-bond acceptors (Lipinski definition) is 3. The first-order chi connectivity index (χ1) is 7.46. The molecule has 0 aliphatic heterocycles. The summed E-state index contributed by atoms with van der Waals surface area (Å²) in [6.07, 6.45) is 0.836. The molecule has 0 heterocycles. The fourth-order valence-electron chi connectivity index (χ4n) is 1.27. The quantitative estimate of drug-likeness (QED) is 0.722. The number of ether oxygens (including phenoxy) is 1. The maximum absolute atomic E-state index is 11.2. The van der Waals surface area contributed by atoms with E-state index in [1.807, 2.05) is 27.7 Å². The monoisotopic (exact) mass is 245 g/mol. The molecule has 17 heavy (non-hydrogen) atoms. The van der Waals surface area contributed by atoms with E-state index in [2.05, 4.69) is 5.32 Å². The molecule has 0 amide bonds.